The van der Waals surface area contributed by atoms with Crippen LogP contribution in [-0.2, 0) is 0 Å². The first-order valence-electron chi connectivity index (χ1n) is 18.7. The van der Waals surface area contributed by atoms with E-state index >= 15 is 0 Å². The fraction of sp³-hybridized carbons (Fsp3) is 0. The van der Waals surface area contributed by atoms with Gasteiger partial charge in [0.1, 0.15) is 0 Å². The SMILES string of the molecule is c1ccc(-c2ccccc2-c2ccc3ccc(-c4c5ccccc5c(-c5ccccc5)c5ccccc45)cc3c2-c2ccccc2-c2ccccc2)cc1. The normalized spacial score (nSPS) is 11.3. The molecule has 0 unspecified atom stereocenters. The fourth-order valence-corrected chi connectivity index (χ4v) is 8.50. The molecule has 0 nitrogen and oxygen atoms in total. The third kappa shape index (κ3) is 5.40. The van der Waals surface area contributed by atoms with Gasteiger partial charge in [0.15, 0.2) is 0 Å². The van der Waals surface area contributed by atoms with E-state index in [1.807, 2.05) is 0 Å². The number of hydrogen-bond acceptors (Lipinski definition) is 0. The largest absolute Gasteiger partial charge is 0.0622 e. The van der Waals surface area contributed by atoms with Crippen molar-refractivity contribution < 1.29 is 0 Å². The predicted octanol–water partition coefficient (Wildman–Crippen LogP) is 15.1. The van der Waals surface area contributed by atoms with E-state index in [0.29, 0.717) is 0 Å². The standard InChI is InChI=1S/C54H36/c1-4-18-37(19-5-1)42-24-10-12-26-44(42)50-35-34-39-32-33-41(36-51(39)54(50)45-27-13-11-25-43(45)38-20-6-2-7-21-38)53-48-30-16-14-28-46(48)52(40-22-8-3-9-23-40)47-29-15-17-31-49(47)53/h1-36H. The first kappa shape index (κ1) is 31.7. The maximum Gasteiger partial charge on any atom is -0.00201 e. The molecule has 0 atom stereocenters. The monoisotopic (exact) mass is 684 g/mol. The van der Waals surface area contributed by atoms with Gasteiger partial charge < -0.3 is 0 Å². The van der Waals surface area contributed by atoms with Gasteiger partial charge in [0.2, 0.25) is 0 Å². The summed E-state index contributed by atoms with van der Waals surface area (Å²) in [5.74, 6) is 0. The number of fused-ring (bicyclic) bond motifs is 3. The van der Waals surface area contributed by atoms with Gasteiger partial charge in [0.25, 0.3) is 0 Å². The van der Waals surface area contributed by atoms with Crippen LogP contribution in [0.25, 0.3) is 99.1 Å². The van der Waals surface area contributed by atoms with E-state index in [9.17, 15) is 0 Å². The lowest BCUT2D eigenvalue weighted by Crippen LogP contribution is -1.94. The average molecular weight is 685 g/mol. The molecule has 10 aromatic rings. The Morgan fingerprint density at radius 2 is 0.574 bits per heavy atom. The van der Waals surface area contributed by atoms with Crippen molar-refractivity contribution in [3.05, 3.63) is 218 Å². The number of rotatable bonds is 6. The van der Waals surface area contributed by atoms with E-state index in [-0.39, 0.29) is 0 Å². The van der Waals surface area contributed by atoms with Gasteiger partial charge in [-0.3, -0.25) is 0 Å². The third-order valence-corrected chi connectivity index (χ3v) is 10.9. The zero-order valence-corrected chi connectivity index (χ0v) is 29.8. The molecule has 10 aromatic carbocycles. The van der Waals surface area contributed by atoms with Crippen molar-refractivity contribution in [2.24, 2.45) is 0 Å². The summed E-state index contributed by atoms with van der Waals surface area (Å²) >= 11 is 0. The molecule has 252 valence electrons. The predicted molar refractivity (Wildman–Crippen MR) is 232 cm³/mol. The van der Waals surface area contributed by atoms with Gasteiger partial charge in [-0.2, -0.15) is 0 Å². The maximum atomic E-state index is 2.46. The Morgan fingerprint density at radius 1 is 0.185 bits per heavy atom. The van der Waals surface area contributed by atoms with Crippen LogP contribution in [0.1, 0.15) is 0 Å². The van der Waals surface area contributed by atoms with Crippen LogP contribution < -0.4 is 0 Å². The van der Waals surface area contributed by atoms with E-state index in [4.69, 9.17) is 0 Å². The van der Waals surface area contributed by atoms with Crippen molar-refractivity contribution in [2.45, 2.75) is 0 Å². The second-order valence-corrected chi connectivity index (χ2v) is 14.0. The molecule has 0 N–H and O–H groups in total. The van der Waals surface area contributed by atoms with Crippen LogP contribution in [0.5, 0.6) is 0 Å². The minimum atomic E-state index is 1.21. The van der Waals surface area contributed by atoms with Crippen molar-refractivity contribution in [3.63, 3.8) is 0 Å². The highest BCUT2D eigenvalue weighted by atomic mass is 14.2. The Balaban J connectivity index is 1.31. The Hall–Kier alpha value is -7.02. The molecule has 0 aromatic heterocycles. The summed E-state index contributed by atoms with van der Waals surface area (Å²) in [6.07, 6.45) is 0. The van der Waals surface area contributed by atoms with E-state index in [2.05, 4.69) is 218 Å². The quantitative estimate of drug-likeness (QED) is 0.153. The summed E-state index contributed by atoms with van der Waals surface area (Å²) in [6.45, 7) is 0. The third-order valence-electron chi connectivity index (χ3n) is 10.9. The summed E-state index contributed by atoms with van der Waals surface area (Å²) < 4.78 is 0. The van der Waals surface area contributed by atoms with Crippen LogP contribution in [0.3, 0.4) is 0 Å². The molecule has 10 rings (SSSR count). The molecule has 0 spiro atoms. The molecular weight excluding hydrogens is 649 g/mol. The lowest BCUT2D eigenvalue weighted by atomic mass is 9.82. The number of hydrogen-bond donors (Lipinski definition) is 0. The highest BCUT2D eigenvalue weighted by Crippen LogP contribution is 2.48. The zero-order valence-electron chi connectivity index (χ0n) is 29.8. The van der Waals surface area contributed by atoms with Crippen LogP contribution in [0.2, 0.25) is 0 Å². The molecule has 0 aliphatic heterocycles. The summed E-state index contributed by atoms with van der Waals surface area (Å²) in [5, 5.41) is 7.48. The van der Waals surface area contributed by atoms with E-state index < -0.39 is 0 Å². The molecule has 0 bridgehead atoms. The topological polar surface area (TPSA) is 0 Å². The molecule has 0 saturated carbocycles. The van der Waals surface area contributed by atoms with Crippen LogP contribution >= 0.6 is 0 Å². The van der Waals surface area contributed by atoms with Gasteiger partial charge in [0.05, 0.1) is 0 Å². The smallest absolute Gasteiger partial charge is 0.00201 e. The van der Waals surface area contributed by atoms with Gasteiger partial charge in [0, 0.05) is 0 Å². The average Bonchev–Trinajstić information content (AvgIpc) is 3.26. The second-order valence-electron chi connectivity index (χ2n) is 14.0. The lowest BCUT2D eigenvalue weighted by molar-refractivity contribution is 1.57. The van der Waals surface area contributed by atoms with Gasteiger partial charge in [-0.15, -0.1) is 0 Å². The fourth-order valence-electron chi connectivity index (χ4n) is 8.50. The minimum Gasteiger partial charge on any atom is -0.0622 e. The van der Waals surface area contributed by atoms with Crippen molar-refractivity contribution >= 4 is 32.3 Å². The molecule has 0 aliphatic carbocycles. The molecule has 0 saturated heterocycles. The highest BCUT2D eigenvalue weighted by Gasteiger charge is 2.21. The van der Waals surface area contributed by atoms with Crippen LogP contribution in [0.15, 0.2) is 218 Å². The first-order chi connectivity index (χ1) is 26.8. The van der Waals surface area contributed by atoms with E-state index in [0.717, 1.165) is 0 Å². The zero-order chi connectivity index (χ0) is 35.8. The Bertz CT molecular complexity index is 2900. The van der Waals surface area contributed by atoms with Crippen molar-refractivity contribution in [1.29, 1.82) is 0 Å². The molecule has 0 heterocycles. The molecular formula is C54H36. The summed E-state index contributed by atoms with van der Waals surface area (Å²) in [5.41, 5.74) is 14.7. The van der Waals surface area contributed by atoms with Crippen molar-refractivity contribution in [3.8, 4) is 66.8 Å². The van der Waals surface area contributed by atoms with Crippen LogP contribution in [-0.4, -0.2) is 0 Å². The molecule has 0 heteroatoms. The van der Waals surface area contributed by atoms with Gasteiger partial charge in [-0.1, -0.05) is 212 Å². The highest BCUT2D eigenvalue weighted by molar-refractivity contribution is 6.22. The lowest BCUT2D eigenvalue weighted by Gasteiger charge is -2.21. The summed E-state index contributed by atoms with van der Waals surface area (Å²) in [6, 6.07) is 79.8. The Morgan fingerprint density at radius 3 is 1.11 bits per heavy atom. The summed E-state index contributed by atoms with van der Waals surface area (Å²) in [4.78, 5) is 0. The Kier molecular flexibility index (Phi) is 7.93. The number of benzene rings is 10. The Labute approximate surface area is 316 Å². The van der Waals surface area contributed by atoms with Gasteiger partial charge >= 0.3 is 0 Å². The second kappa shape index (κ2) is 13.5. The van der Waals surface area contributed by atoms with Crippen LogP contribution in [0, 0.1) is 0 Å². The van der Waals surface area contributed by atoms with Crippen molar-refractivity contribution in [1.82, 2.24) is 0 Å². The molecule has 0 amide bonds. The molecule has 0 fully saturated rings. The first-order valence-corrected chi connectivity index (χ1v) is 18.7. The van der Waals surface area contributed by atoms with Gasteiger partial charge in [-0.05, 0) is 105 Å². The van der Waals surface area contributed by atoms with Gasteiger partial charge in [-0.25, -0.2) is 0 Å². The van der Waals surface area contributed by atoms with E-state index in [1.165, 1.54) is 99.1 Å². The maximum absolute atomic E-state index is 2.46. The van der Waals surface area contributed by atoms with Crippen LogP contribution in [0.4, 0.5) is 0 Å². The minimum absolute atomic E-state index is 1.21. The van der Waals surface area contributed by atoms with E-state index in [1.54, 1.807) is 0 Å². The molecule has 0 radical (unpaired) electrons. The summed E-state index contributed by atoms with van der Waals surface area (Å²) in [7, 11) is 0. The van der Waals surface area contributed by atoms with Crippen molar-refractivity contribution in [2.75, 3.05) is 0 Å². The molecule has 0 aliphatic rings. The molecule has 54 heavy (non-hydrogen) atoms.